The molecule has 0 radical (unpaired) electrons. The maximum atomic E-state index is 6.19. The van der Waals surface area contributed by atoms with Crippen LogP contribution >= 0.6 is 0 Å². The summed E-state index contributed by atoms with van der Waals surface area (Å²) in [6.07, 6.45) is 9.79. The van der Waals surface area contributed by atoms with E-state index in [4.69, 9.17) is 10.2 Å². The fourth-order valence-corrected chi connectivity index (χ4v) is 3.95. The van der Waals surface area contributed by atoms with Crippen LogP contribution in [0, 0.1) is 11.3 Å². The number of nitrogens with two attached hydrogens (primary N) is 1. The molecule has 0 aromatic carbocycles. The average Bonchev–Trinajstić information content (AvgIpc) is 3.17. The maximum absolute atomic E-state index is 6.19. The molecule has 1 aromatic rings. The van der Waals surface area contributed by atoms with Gasteiger partial charge in [0.05, 0.1) is 12.8 Å². The minimum Gasteiger partial charge on any atom is -0.468 e. The summed E-state index contributed by atoms with van der Waals surface area (Å²) in [5.41, 5.74) is 6.53. The summed E-state index contributed by atoms with van der Waals surface area (Å²) in [4.78, 5) is 2.63. The van der Waals surface area contributed by atoms with Gasteiger partial charge >= 0.3 is 0 Å². The van der Waals surface area contributed by atoms with Crippen LogP contribution < -0.4 is 5.73 Å². The summed E-state index contributed by atoms with van der Waals surface area (Å²) in [6, 6.07) is 4.84. The first-order valence-corrected chi connectivity index (χ1v) is 8.17. The van der Waals surface area contributed by atoms with Crippen molar-refractivity contribution in [3.63, 3.8) is 0 Å². The van der Waals surface area contributed by atoms with Crippen molar-refractivity contribution in [3.8, 4) is 0 Å². The highest BCUT2D eigenvalue weighted by molar-refractivity contribution is 5.01. The molecule has 20 heavy (non-hydrogen) atoms. The van der Waals surface area contributed by atoms with Gasteiger partial charge in [0.15, 0.2) is 0 Å². The second-order valence-corrected chi connectivity index (χ2v) is 7.12. The van der Waals surface area contributed by atoms with Crippen LogP contribution in [0.1, 0.15) is 51.2 Å². The number of furan rings is 1. The second-order valence-electron chi connectivity index (χ2n) is 7.12. The molecule has 3 nitrogen and oxygen atoms in total. The summed E-state index contributed by atoms with van der Waals surface area (Å²) in [5, 5.41) is 0. The van der Waals surface area contributed by atoms with E-state index in [9.17, 15) is 0 Å². The number of hydrogen-bond acceptors (Lipinski definition) is 3. The van der Waals surface area contributed by atoms with E-state index in [-0.39, 0.29) is 0 Å². The smallest absolute Gasteiger partial charge is 0.117 e. The van der Waals surface area contributed by atoms with Crippen LogP contribution in [0.3, 0.4) is 0 Å². The summed E-state index contributed by atoms with van der Waals surface area (Å²) in [6.45, 7) is 5.32. The molecule has 0 spiro atoms. The second kappa shape index (κ2) is 5.90. The van der Waals surface area contributed by atoms with Crippen molar-refractivity contribution in [2.75, 3.05) is 13.1 Å². The lowest BCUT2D eigenvalue weighted by atomic mass is 9.69. The molecule has 1 heterocycles. The summed E-state index contributed by atoms with van der Waals surface area (Å²) >= 11 is 0. The Kier molecular flexibility index (Phi) is 4.18. The lowest BCUT2D eigenvalue weighted by Gasteiger charge is -2.42. The van der Waals surface area contributed by atoms with Crippen LogP contribution in [0.25, 0.3) is 0 Å². The standard InChI is InChI=1S/C17H28N2O/c1-14-4-2-8-17(10-14,12-18)13-19(15-6-7-15)11-16-5-3-9-20-16/h3,5,9,14-15H,2,4,6-8,10-13,18H2,1H3. The molecule has 0 saturated heterocycles. The van der Waals surface area contributed by atoms with Crippen LogP contribution in [0.4, 0.5) is 0 Å². The van der Waals surface area contributed by atoms with Crippen LogP contribution in [0.15, 0.2) is 22.8 Å². The minimum atomic E-state index is 0.340. The number of hydrogen-bond donors (Lipinski definition) is 1. The maximum Gasteiger partial charge on any atom is 0.117 e. The third-order valence-corrected chi connectivity index (χ3v) is 5.16. The lowest BCUT2D eigenvalue weighted by Crippen LogP contribution is -2.45. The number of nitrogens with zero attached hydrogens (tertiary/aromatic N) is 1. The average molecular weight is 276 g/mol. The molecule has 2 atom stereocenters. The van der Waals surface area contributed by atoms with Gasteiger partial charge in [0.2, 0.25) is 0 Å². The van der Waals surface area contributed by atoms with E-state index in [0.717, 1.165) is 37.4 Å². The van der Waals surface area contributed by atoms with Gasteiger partial charge in [-0.2, -0.15) is 0 Å². The molecule has 112 valence electrons. The van der Waals surface area contributed by atoms with E-state index >= 15 is 0 Å². The Labute approximate surface area is 122 Å². The van der Waals surface area contributed by atoms with Crippen molar-refractivity contribution in [3.05, 3.63) is 24.2 Å². The normalized spacial score (nSPS) is 30.9. The largest absolute Gasteiger partial charge is 0.468 e. The van der Waals surface area contributed by atoms with Gasteiger partial charge in [-0.3, -0.25) is 4.90 Å². The van der Waals surface area contributed by atoms with Crippen LogP contribution in [-0.2, 0) is 6.54 Å². The molecule has 2 unspecified atom stereocenters. The Balaban J connectivity index is 1.68. The predicted octanol–water partition coefficient (Wildman–Crippen LogP) is 3.40. The lowest BCUT2D eigenvalue weighted by molar-refractivity contribution is 0.0761. The molecule has 3 heteroatoms. The molecule has 0 amide bonds. The Hall–Kier alpha value is -0.800. The first-order chi connectivity index (χ1) is 9.71. The quantitative estimate of drug-likeness (QED) is 0.866. The van der Waals surface area contributed by atoms with Gasteiger partial charge in [0.1, 0.15) is 5.76 Å². The van der Waals surface area contributed by atoms with Gasteiger partial charge in [0, 0.05) is 12.6 Å². The zero-order valence-electron chi connectivity index (χ0n) is 12.7. The van der Waals surface area contributed by atoms with E-state index < -0.39 is 0 Å². The summed E-state index contributed by atoms with van der Waals surface area (Å²) < 4.78 is 5.55. The Morgan fingerprint density at radius 2 is 2.25 bits per heavy atom. The first kappa shape index (κ1) is 14.2. The van der Waals surface area contributed by atoms with Gasteiger partial charge < -0.3 is 10.2 Å². The first-order valence-electron chi connectivity index (χ1n) is 8.17. The van der Waals surface area contributed by atoms with Crippen molar-refractivity contribution in [1.82, 2.24) is 4.90 Å². The number of rotatable bonds is 6. The SMILES string of the molecule is CC1CCCC(CN)(CN(Cc2ccco2)C2CC2)C1. The van der Waals surface area contributed by atoms with Gasteiger partial charge in [-0.15, -0.1) is 0 Å². The van der Waals surface area contributed by atoms with E-state index in [1.54, 1.807) is 6.26 Å². The summed E-state index contributed by atoms with van der Waals surface area (Å²) in [5.74, 6) is 1.92. The monoisotopic (exact) mass is 276 g/mol. The van der Waals surface area contributed by atoms with E-state index in [1.165, 1.54) is 38.5 Å². The van der Waals surface area contributed by atoms with Crippen LogP contribution in [0.5, 0.6) is 0 Å². The molecule has 0 aliphatic heterocycles. The van der Waals surface area contributed by atoms with E-state index in [2.05, 4.69) is 17.9 Å². The van der Waals surface area contributed by atoms with Crippen molar-refractivity contribution in [2.24, 2.45) is 17.1 Å². The van der Waals surface area contributed by atoms with Gasteiger partial charge in [-0.1, -0.05) is 19.8 Å². The molecule has 2 aliphatic rings. The van der Waals surface area contributed by atoms with Gasteiger partial charge in [-0.05, 0) is 55.7 Å². The van der Waals surface area contributed by atoms with Crippen molar-refractivity contribution in [1.29, 1.82) is 0 Å². The Morgan fingerprint density at radius 3 is 2.85 bits per heavy atom. The molecule has 2 aliphatic carbocycles. The third-order valence-electron chi connectivity index (χ3n) is 5.16. The highest BCUT2D eigenvalue weighted by Crippen LogP contribution is 2.41. The fraction of sp³-hybridized carbons (Fsp3) is 0.765. The highest BCUT2D eigenvalue weighted by atomic mass is 16.3. The zero-order valence-corrected chi connectivity index (χ0v) is 12.7. The molecule has 2 fully saturated rings. The van der Waals surface area contributed by atoms with E-state index in [0.29, 0.717) is 5.41 Å². The van der Waals surface area contributed by atoms with Crippen molar-refractivity contribution >= 4 is 0 Å². The van der Waals surface area contributed by atoms with Crippen LogP contribution in [0.2, 0.25) is 0 Å². The summed E-state index contributed by atoms with van der Waals surface area (Å²) in [7, 11) is 0. The topological polar surface area (TPSA) is 42.4 Å². The molecule has 2 saturated carbocycles. The fourth-order valence-electron chi connectivity index (χ4n) is 3.95. The predicted molar refractivity (Wildman–Crippen MR) is 81.3 cm³/mol. The molecule has 0 bridgehead atoms. The molecule has 2 N–H and O–H groups in total. The molecular weight excluding hydrogens is 248 g/mol. The van der Waals surface area contributed by atoms with Gasteiger partial charge in [-0.25, -0.2) is 0 Å². The van der Waals surface area contributed by atoms with Crippen molar-refractivity contribution in [2.45, 2.75) is 58.0 Å². The zero-order chi connectivity index (χ0) is 14.0. The highest BCUT2D eigenvalue weighted by Gasteiger charge is 2.39. The molecular formula is C17H28N2O. The third kappa shape index (κ3) is 3.26. The molecule has 1 aromatic heterocycles. The van der Waals surface area contributed by atoms with Gasteiger partial charge in [0.25, 0.3) is 0 Å². The molecule has 3 rings (SSSR count). The van der Waals surface area contributed by atoms with E-state index in [1.807, 2.05) is 6.07 Å². The Bertz CT molecular complexity index is 413. The Morgan fingerprint density at radius 1 is 1.40 bits per heavy atom. The van der Waals surface area contributed by atoms with Crippen molar-refractivity contribution < 1.29 is 4.42 Å². The van der Waals surface area contributed by atoms with Crippen LogP contribution in [-0.4, -0.2) is 24.0 Å². The minimum absolute atomic E-state index is 0.340.